The van der Waals surface area contributed by atoms with Crippen LogP contribution in [0, 0.1) is 0 Å². The van der Waals surface area contributed by atoms with Crippen LogP contribution in [-0.4, -0.2) is 6.66 Å². The zero-order valence-electron chi connectivity index (χ0n) is 9.14. The molecule has 0 aromatic heterocycles. The summed E-state index contributed by atoms with van der Waals surface area (Å²) in [4.78, 5) is 0. The van der Waals surface area contributed by atoms with Crippen molar-refractivity contribution >= 4 is 23.6 Å². The first kappa shape index (κ1) is 10.3. The van der Waals surface area contributed by atoms with Gasteiger partial charge >= 0.3 is 0 Å². The van der Waals surface area contributed by atoms with Gasteiger partial charge in [-0.1, -0.05) is 30.4 Å². The summed E-state index contributed by atoms with van der Waals surface area (Å²) in [6.45, 7) is 2.07. The Morgan fingerprint density at radius 2 is 1.94 bits per heavy atom. The minimum Gasteiger partial charge on any atom is -0.462 e. The van der Waals surface area contributed by atoms with Crippen molar-refractivity contribution in [3.63, 3.8) is 0 Å². The standard InChI is InChI=1S/C13H13OPS/c1-15(16)13-9-5-3-7-11(13)10-6-2-4-8-12(10)14-15/h2,4,6-9H,3,5H2,1H3. The Morgan fingerprint density at radius 1 is 1.19 bits per heavy atom. The van der Waals surface area contributed by atoms with Gasteiger partial charge in [-0.25, -0.2) is 0 Å². The summed E-state index contributed by atoms with van der Waals surface area (Å²) in [6.07, 6.45) is 4.96. The van der Waals surface area contributed by atoms with E-state index in [4.69, 9.17) is 16.3 Å². The first-order valence-corrected chi connectivity index (χ1v) is 8.63. The number of benzene rings is 1. The third kappa shape index (κ3) is 1.49. The van der Waals surface area contributed by atoms with Crippen LogP contribution in [0.2, 0.25) is 0 Å². The van der Waals surface area contributed by atoms with E-state index in [2.05, 4.69) is 30.9 Å². The second kappa shape index (κ2) is 3.58. The van der Waals surface area contributed by atoms with Gasteiger partial charge < -0.3 is 4.52 Å². The third-order valence-corrected chi connectivity index (χ3v) is 5.67. The predicted octanol–water partition coefficient (Wildman–Crippen LogP) is 4.16. The van der Waals surface area contributed by atoms with E-state index in [-0.39, 0.29) is 0 Å². The average molecular weight is 248 g/mol. The van der Waals surface area contributed by atoms with Crippen LogP contribution >= 0.6 is 6.26 Å². The average Bonchev–Trinajstić information content (AvgIpc) is 2.29. The molecule has 1 aromatic carbocycles. The molecular formula is C13H13OPS. The van der Waals surface area contributed by atoms with Crippen LogP contribution in [0.25, 0.3) is 5.57 Å². The molecule has 0 amide bonds. The van der Waals surface area contributed by atoms with E-state index >= 15 is 0 Å². The lowest BCUT2D eigenvalue weighted by molar-refractivity contribution is 0.614. The topological polar surface area (TPSA) is 9.23 Å². The molecule has 0 N–H and O–H groups in total. The predicted molar refractivity (Wildman–Crippen MR) is 72.6 cm³/mol. The summed E-state index contributed by atoms with van der Waals surface area (Å²) >= 11 is 5.65. The molecule has 3 heteroatoms. The van der Waals surface area contributed by atoms with Gasteiger partial charge in [0.05, 0.1) is 0 Å². The fourth-order valence-electron chi connectivity index (χ4n) is 2.30. The number of allylic oxidation sites excluding steroid dienone is 4. The Balaban J connectivity index is 2.27. The summed E-state index contributed by atoms with van der Waals surface area (Å²) < 4.78 is 6.01. The van der Waals surface area contributed by atoms with Crippen molar-refractivity contribution in [2.75, 3.05) is 6.66 Å². The quantitative estimate of drug-likeness (QED) is 0.637. The fraction of sp³-hybridized carbons (Fsp3) is 0.231. The lowest BCUT2D eigenvalue weighted by Gasteiger charge is -2.32. The lowest BCUT2D eigenvalue weighted by atomic mass is 9.98. The Labute approximate surface area is 101 Å². The number of para-hydroxylation sites is 1. The van der Waals surface area contributed by atoms with Gasteiger partial charge in [0.15, 0.2) is 0 Å². The molecule has 0 bridgehead atoms. The molecule has 1 unspecified atom stereocenters. The zero-order valence-corrected chi connectivity index (χ0v) is 10.9. The van der Waals surface area contributed by atoms with Crippen LogP contribution in [0.5, 0.6) is 5.75 Å². The Hall–Kier alpha value is -0.850. The fourth-order valence-corrected chi connectivity index (χ4v) is 4.80. The van der Waals surface area contributed by atoms with Crippen molar-refractivity contribution in [1.29, 1.82) is 0 Å². The molecule has 0 spiro atoms. The van der Waals surface area contributed by atoms with Crippen LogP contribution in [0.1, 0.15) is 18.4 Å². The molecule has 1 heterocycles. The first-order chi connectivity index (χ1) is 7.68. The summed E-state index contributed by atoms with van der Waals surface area (Å²) in [6, 6.07) is 8.20. The molecule has 16 heavy (non-hydrogen) atoms. The molecule has 1 aromatic rings. The molecule has 1 aliphatic heterocycles. The minimum atomic E-state index is -1.82. The van der Waals surface area contributed by atoms with Gasteiger partial charge in [0.1, 0.15) is 12.0 Å². The van der Waals surface area contributed by atoms with Gasteiger partial charge in [-0.15, -0.1) is 0 Å². The molecule has 0 saturated heterocycles. The van der Waals surface area contributed by atoms with E-state index in [9.17, 15) is 0 Å². The zero-order chi connectivity index (χ0) is 11.2. The van der Waals surface area contributed by atoms with Crippen LogP contribution in [0.15, 0.2) is 41.7 Å². The van der Waals surface area contributed by atoms with Crippen molar-refractivity contribution < 1.29 is 4.52 Å². The maximum absolute atomic E-state index is 6.01. The maximum Gasteiger partial charge on any atom is 0.140 e. The highest BCUT2D eigenvalue weighted by Gasteiger charge is 2.31. The van der Waals surface area contributed by atoms with Crippen molar-refractivity contribution in [2.45, 2.75) is 12.8 Å². The van der Waals surface area contributed by atoms with Gasteiger partial charge in [0.25, 0.3) is 0 Å². The van der Waals surface area contributed by atoms with Crippen molar-refractivity contribution in [3.8, 4) is 5.75 Å². The van der Waals surface area contributed by atoms with E-state index < -0.39 is 6.26 Å². The Kier molecular flexibility index (Phi) is 2.31. The monoisotopic (exact) mass is 248 g/mol. The van der Waals surface area contributed by atoms with Crippen LogP contribution in [0.4, 0.5) is 0 Å². The van der Waals surface area contributed by atoms with Crippen molar-refractivity contribution in [1.82, 2.24) is 0 Å². The molecule has 3 rings (SSSR count). The van der Waals surface area contributed by atoms with E-state index in [1.54, 1.807) is 0 Å². The van der Waals surface area contributed by atoms with E-state index in [0.29, 0.717) is 0 Å². The minimum absolute atomic E-state index is 0.957. The SMILES string of the molecule is CP1(=S)Oc2ccccc2C2=CCCC=C21. The first-order valence-electron chi connectivity index (χ1n) is 5.46. The van der Waals surface area contributed by atoms with Gasteiger partial charge in [-0.3, -0.25) is 0 Å². The van der Waals surface area contributed by atoms with E-state index in [0.717, 1.165) is 18.6 Å². The molecule has 0 saturated carbocycles. The Morgan fingerprint density at radius 3 is 2.81 bits per heavy atom. The van der Waals surface area contributed by atoms with Crippen LogP contribution in [0.3, 0.4) is 0 Å². The molecule has 0 fully saturated rings. The third-order valence-electron chi connectivity index (χ3n) is 3.02. The van der Waals surface area contributed by atoms with Crippen molar-refractivity contribution in [2.24, 2.45) is 0 Å². The smallest absolute Gasteiger partial charge is 0.140 e. The van der Waals surface area contributed by atoms with Crippen LogP contribution in [-0.2, 0) is 11.8 Å². The van der Waals surface area contributed by atoms with Crippen LogP contribution < -0.4 is 4.52 Å². The number of rotatable bonds is 0. The normalized spacial score (nSPS) is 27.1. The highest BCUT2D eigenvalue weighted by molar-refractivity contribution is 8.14. The van der Waals surface area contributed by atoms with Crippen molar-refractivity contribution in [3.05, 3.63) is 47.3 Å². The summed E-state index contributed by atoms with van der Waals surface area (Å²) in [5, 5.41) is 1.27. The summed E-state index contributed by atoms with van der Waals surface area (Å²) in [7, 11) is 0. The number of hydrogen-bond acceptors (Lipinski definition) is 2. The number of hydrogen-bond donors (Lipinski definition) is 0. The van der Waals surface area contributed by atoms with E-state index in [1.807, 2.05) is 12.1 Å². The van der Waals surface area contributed by atoms with Gasteiger partial charge in [0.2, 0.25) is 0 Å². The molecular weight excluding hydrogens is 235 g/mol. The molecule has 1 nitrogen and oxygen atoms in total. The summed E-state index contributed by atoms with van der Waals surface area (Å²) in [5.41, 5.74) is 2.52. The van der Waals surface area contributed by atoms with Gasteiger partial charge in [-0.05, 0) is 36.3 Å². The van der Waals surface area contributed by atoms with Gasteiger partial charge in [-0.2, -0.15) is 0 Å². The second-order valence-corrected chi connectivity index (χ2v) is 8.66. The second-order valence-electron chi connectivity index (χ2n) is 4.22. The van der Waals surface area contributed by atoms with Gasteiger partial charge in [0, 0.05) is 17.5 Å². The van der Waals surface area contributed by atoms with E-state index in [1.165, 1.54) is 16.5 Å². The molecule has 2 aliphatic rings. The molecule has 82 valence electrons. The highest BCUT2D eigenvalue weighted by atomic mass is 32.4. The molecule has 1 aliphatic carbocycles. The number of fused-ring (bicyclic) bond motifs is 3. The maximum atomic E-state index is 6.01. The summed E-state index contributed by atoms with van der Waals surface area (Å²) in [5.74, 6) is 0.957. The lowest BCUT2D eigenvalue weighted by Crippen LogP contribution is -2.07. The largest absolute Gasteiger partial charge is 0.462 e. The molecule has 1 atom stereocenters. The Bertz CT molecular complexity index is 557. The highest BCUT2D eigenvalue weighted by Crippen LogP contribution is 2.62. The molecule has 0 radical (unpaired) electrons.